The fourth-order valence-corrected chi connectivity index (χ4v) is 3.16. The van der Waals surface area contributed by atoms with Gasteiger partial charge in [-0.2, -0.15) is 0 Å². The SMILES string of the molecule is CCn1c2ccccc2c2cc(C(=O)c3ccc[nH]3)ccc21. The summed E-state index contributed by atoms with van der Waals surface area (Å²) >= 11 is 0. The smallest absolute Gasteiger partial charge is 0.209 e. The second-order valence-corrected chi connectivity index (χ2v) is 5.41. The van der Waals surface area contributed by atoms with Gasteiger partial charge >= 0.3 is 0 Å². The lowest BCUT2D eigenvalue weighted by Gasteiger charge is -2.03. The number of hydrogen-bond donors (Lipinski definition) is 1. The molecule has 0 spiro atoms. The number of nitrogens with zero attached hydrogens (tertiary/aromatic N) is 1. The van der Waals surface area contributed by atoms with Crippen molar-refractivity contribution in [3.63, 3.8) is 0 Å². The third kappa shape index (κ3) is 1.79. The van der Waals surface area contributed by atoms with Gasteiger partial charge in [0.25, 0.3) is 0 Å². The Hall–Kier alpha value is -2.81. The van der Waals surface area contributed by atoms with Gasteiger partial charge in [0.05, 0.1) is 5.69 Å². The van der Waals surface area contributed by atoms with Crippen molar-refractivity contribution >= 4 is 27.6 Å². The van der Waals surface area contributed by atoms with Crippen LogP contribution in [0.2, 0.25) is 0 Å². The van der Waals surface area contributed by atoms with Crippen molar-refractivity contribution in [1.29, 1.82) is 0 Å². The molecule has 3 heteroatoms. The van der Waals surface area contributed by atoms with Crippen molar-refractivity contribution in [1.82, 2.24) is 9.55 Å². The number of hydrogen-bond acceptors (Lipinski definition) is 1. The fraction of sp³-hybridized carbons (Fsp3) is 0.105. The zero-order chi connectivity index (χ0) is 15.1. The van der Waals surface area contributed by atoms with E-state index >= 15 is 0 Å². The molecule has 0 atom stereocenters. The predicted octanol–water partition coefficient (Wildman–Crippen LogP) is 4.37. The first kappa shape index (κ1) is 12.9. The van der Waals surface area contributed by atoms with E-state index in [1.165, 1.54) is 16.4 Å². The van der Waals surface area contributed by atoms with E-state index in [0.29, 0.717) is 11.3 Å². The number of ketones is 1. The maximum Gasteiger partial charge on any atom is 0.209 e. The summed E-state index contributed by atoms with van der Waals surface area (Å²) in [6.45, 7) is 3.05. The summed E-state index contributed by atoms with van der Waals surface area (Å²) in [5.41, 5.74) is 3.73. The highest BCUT2D eigenvalue weighted by Crippen LogP contribution is 2.30. The van der Waals surface area contributed by atoms with Gasteiger partial charge in [-0.25, -0.2) is 0 Å². The second-order valence-electron chi connectivity index (χ2n) is 5.41. The van der Waals surface area contributed by atoms with Crippen LogP contribution in [0.4, 0.5) is 0 Å². The number of aromatic amines is 1. The summed E-state index contributed by atoms with van der Waals surface area (Å²) in [5.74, 6) is 0.0280. The minimum Gasteiger partial charge on any atom is -0.359 e. The number of benzene rings is 2. The molecule has 2 heterocycles. The highest BCUT2D eigenvalue weighted by molar-refractivity contribution is 6.14. The van der Waals surface area contributed by atoms with Crippen LogP contribution in [0.25, 0.3) is 21.8 Å². The van der Waals surface area contributed by atoms with Crippen molar-refractivity contribution in [3.05, 3.63) is 72.1 Å². The van der Waals surface area contributed by atoms with Crippen LogP contribution in [-0.4, -0.2) is 15.3 Å². The van der Waals surface area contributed by atoms with Crippen molar-refractivity contribution < 1.29 is 4.79 Å². The van der Waals surface area contributed by atoms with Gasteiger partial charge < -0.3 is 9.55 Å². The number of para-hydroxylation sites is 1. The van der Waals surface area contributed by atoms with E-state index in [-0.39, 0.29) is 5.78 Å². The Kier molecular flexibility index (Phi) is 2.86. The predicted molar refractivity (Wildman–Crippen MR) is 89.3 cm³/mol. The second kappa shape index (κ2) is 4.88. The van der Waals surface area contributed by atoms with Crippen LogP contribution in [0.3, 0.4) is 0 Å². The van der Waals surface area contributed by atoms with Gasteiger partial charge in [0.2, 0.25) is 5.78 Å². The molecule has 0 saturated heterocycles. The number of carbonyl (C=O) groups excluding carboxylic acids is 1. The Labute approximate surface area is 128 Å². The number of nitrogens with one attached hydrogen (secondary N) is 1. The maximum atomic E-state index is 12.5. The minimum atomic E-state index is 0.0280. The standard InChI is InChI=1S/C19H16N2O/c1-2-21-17-8-4-3-6-14(17)15-12-13(9-10-18(15)21)19(22)16-7-5-11-20-16/h3-12,20H,2H2,1H3. The molecule has 2 aromatic carbocycles. The molecule has 3 nitrogen and oxygen atoms in total. The lowest BCUT2D eigenvalue weighted by Crippen LogP contribution is -2.01. The lowest BCUT2D eigenvalue weighted by atomic mass is 10.0. The maximum absolute atomic E-state index is 12.5. The van der Waals surface area contributed by atoms with Gasteiger partial charge in [0.15, 0.2) is 0 Å². The van der Waals surface area contributed by atoms with Crippen molar-refractivity contribution in [2.45, 2.75) is 13.5 Å². The van der Waals surface area contributed by atoms with E-state index < -0.39 is 0 Å². The zero-order valence-electron chi connectivity index (χ0n) is 12.3. The Balaban J connectivity index is 1.98. The zero-order valence-corrected chi connectivity index (χ0v) is 12.3. The van der Waals surface area contributed by atoms with Crippen molar-refractivity contribution in [2.24, 2.45) is 0 Å². The first-order valence-corrected chi connectivity index (χ1v) is 7.48. The molecule has 0 aliphatic rings. The van der Waals surface area contributed by atoms with E-state index in [1.807, 2.05) is 30.3 Å². The molecular weight excluding hydrogens is 272 g/mol. The number of aromatic nitrogens is 2. The average molecular weight is 288 g/mol. The van der Waals surface area contributed by atoms with Crippen LogP contribution in [0.1, 0.15) is 23.0 Å². The molecule has 0 fully saturated rings. The molecule has 0 aliphatic carbocycles. The average Bonchev–Trinajstić information content (AvgIpc) is 3.20. The summed E-state index contributed by atoms with van der Waals surface area (Å²) in [7, 11) is 0. The van der Waals surface area contributed by atoms with Crippen LogP contribution in [0, 0.1) is 0 Å². The molecule has 108 valence electrons. The Morgan fingerprint density at radius 3 is 2.59 bits per heavy atom. The summed E-state index contributed by atoms with van der Waals surface area (Å²) in [6, 6.07) is 18.0. The monoisotopic (exact) mass is 288 g/mol. The number of rotatable bonds is 3. The molecule has 0 unspecified atom stereocenters. The first-order chi connectivity index (χ1) is 10.8. The number of H-pyrrole nitrogens is 1. The fourth-order valence-electron chi connectivity index (χ4n) is 3.16. The third-order valence-corrected chi connectivity index (χ3v) is 4.19. The van der Waals surface area contributed by atoms with Gasteiger partial charge in [-0.1, -0.05) is 18.2 Å². The van der Waals surface area contributed by atoms with Crippen LogP contribution >= 0.6 is 0 Å². The topological polar surface area (TPSA) is 37.8 Å². The van der Waals surface area contributed by atoms with Crippen LogP contribution in [-0.2, 0) is 6.54 Å². The lowest BCUT2D eigenvalue weighted by molar-refractivity contribution is 0.103. The molecule has 1 N–H and O–H groups in total. The summed E-state index contributed by atoms with van der Waals surface area (Å²) < 4.78 is 2.29. The van der Waals surface area contributed by atoms with E-state index in [1.54, 1.807) is 6.20 Å². The Morgan fingerprint density at radius 1 is 1.00 bits per heavy atom. The summed E-state index contributed by atoms with van der Waals surface area (Å²) in [5, 5.41) is 2.33. The van der Waals surface area contributed by atoms with Gasteiger partial charge in [-0.3, -0.25) is 4.79 Å². The summed E-state index contributed by atoms with van der Waals surface area (Å²) in [4.78, 5) is 15.5. The van der Waals surface area contributed by atoms with Crippen LogP contribution in [0.15, 0.2) is 60.8 Å². The molecule has 2 aromatic heterocycles. The van der Waals surface area contributed by atoms with E-state index in [9.17, 15) is 4.79 Å². The van der Waals surface area contributed by atoms with Crippen LogP contribution < -0.4 is 0 Å². The molecule has 0 saturated carbocycles. The van der Waals surface area contributed by atoms with Gasteiger partial charge in [-0.15, -0.1) is 0 Å². The van der Waals surface area contributed by atoms with Crippen LogP contribution in [0.5, 0.6) is 0 Å². The van der Waals surface area contributed by atoms with Gasteiger partial charge in [0, 0.05) is 40.1 Å². The highest BCUT2D eigenvalue weighted by atomic mass is 16.1. The first-order valence-electron chi connectivity index (χ1n) is 7.48. The molecule has 4 aromatic rings. The molecule has 0 bridgehead atoms. The Bertz CT molecular complexity index is 977. The number of carbonyl (C=O) groups is 1. The molecule has 0 amide bonds. The molecule has 0 aliphatic heterocycles. The Morgan fingerprint density at radius 2 is 1.82 bits per heavy atom. The quantitative estimate of drug-likeness (QED) is 0.558. The summed E-state index contributed by atoms with van der Waals surface area (Å²) in [6.07, 6.45) is 1.77. The largest absolute Gasteiger partial charge is 0.359 e. The highest BCUT2D eigenvalue weighted by Gasteiger charge is 2.14. The van der Waals surface area contributed by atoms with E-state index in [0.717, 1.165) is 11.9 Å². The molecule has 0 radical (unpaired) electrons. The number of fused-ring (bicyclic) bond motifs is 3. The van der Waals surface area contributed by atoms with E-state index in [4.69, 9.17) is 0 Å². The van der Waals surface area contributed by atoms with Crippen molar-refractivity contribution in [3.8, 4) is 0 Å². The number of aryl methyl sites for hydroxylation is 1. The van der Waals surface area contributed by atoms with E-state index in [2.05, 4.69) is 40.7 Å². The van der Waals surface area contributed by atoms with Gasteiger partial charge in [-0.05, 0) is 43.3 Å². The third-order valence-electron chi connectivity index (χ3n) is 4.19. The minimum absolute atomic E-state index is 0.0280. The molecule has 4 rings (SSSR count). The normalized spacial score (nSPS) is 11.3. The molecular formula is C19H16N2O. The van der Waals surface area contributed by atoms with Crippen molar-refractivity contribution in [2.75, 3.05) is 0 Å². The molecule has 22 heavy (non-hydrogen) atoms. The van der Waals surface area contributed by atoms with Gasteiger partial charge in [0.1, 0.15) is 0 Å².